The monoisotopic (exact) mass is 305 g/mol. The van der Waals surface area contributed by atoms with Crippen LogP contribution in [0.25, 0.3) is 11.2 Å². The Morgan fingerprint density at radius 3 is 2.86 bits per heavy atom. The molecule has 0 fully saturated rings. The quantitative estimate of drug-likeness (QED) is 0.615. The zero-order valence-electron chi connectivity index (χ0n) is 12.7. The summed E-state index contributed by atoms with van der Waals surface area (Å²) in [5.41, 5.74) is 1.07. The van der Waals surface area contributed by atoms with E-state index in [1.807, 2.05) is 6.92 Å². The third kappa shape index (κ3) is 4.00. The Morgan fingerprint density at radius 1 is 1.32 bits per heavy atom. The second-order valence-electron chi connectivity index (χ2n) is 4.84. The Bertz CT molecular complexity index is 668. The van der Waals surface area contributed by atoms with Gasteiger partial charge in [-0.1, -0.05) is 13.3 Å². The number of hydrogen-bond acceptors (Lipinski definition) is 6. The van der Waals surface area contributed by atoms with Crippen LogP contribution in [0, 0.1) is 0 Å². The summed E-state index contributed by atoms with van der Waals surface area (Å²) in [4.78, 5) is 35.1. The van der Waals surface area contributed by atoms with E-state index in [-0.39, 0.29) is 18.3 Å². The van der Waals surface area contributed by atoms with Crippen LogP contribution in [-0.4, -0.2) is 38.0 Å². The maximum Gasteiger partial charge on any atom is 0.307 e. The first-order chi connectivity index (χ1) is 10.6. The summed E-state index contributed by atoms with van der Waals surface area (Å²) in [7, 11) is 0. The zero-order valence-corrected chi connectivity index (χ0v) is 12.7. The molecule has 0 radical (unpaired) electrons. The molecule has 0 atom stereocenters. The predicted molar refractivity (Wildman–Crippen MR) is 80.1 cm³/mol. The van der Waals surface area contributed by atoms with Crippen LogP contribution in [0.4, 0.5) is 5.82 Å². The number of carbonyl (C=O) groups is 2. The van der Waals surface area contributed by atoms with E-state index in [9.17, 15) is 9.59 Å². The summed E-state index contributed by atoms with van der Waals surface area (Å²) in [5.74, 6) is -0.109. The van der Waals surface area contributed by atoms with E-state index >= 15 is 0 Å². The molecule has 0 aromatic carbocycles. The summed E-state index contributed by atoms with van der Waals surface area (Å²) in [5, 5.41) is 2.60. The fraction of sp³-hybridized carbons (Fsp3) is 0.500. The molecule has 0 bridgehead atoms. The molecular formula is C14H19N5O3. The number of hydrogen-bond donors (Lipinski definition) is 1. The van der Waals surface area contributed by atoms with Crippen molar-refractivity contribution in [3.05, 3.63) is 12.7 Å². The van der Waals surface area contributed by atoms with Crippen molar-refractivity contribution < 1.29 is 14.3 Å². The minimum atomic E-state index is -0.244. The molecule has 0 aliphatic heterocycles. The second-order valence-corrected chi connectivity index (χ2v) is 4.84. The lowest BCUT2D eigenvalue weighted by Crippen LogP contribution is -2.10. The van der Waals surface area contributed by atoms with Crippen LogP contribution < -0.4 is 5.32 Å². The highest BCUT2D eigenvalue weighted by Crippen LogP contribution is 2.17. The van der Waals surface area contributed by atoms with E-state index in [1.165, 1.54) is 13.3 Å². The highest BCUT2D eigenvalue weighted by atomic mass is 16.5. The van der Waals surface area contributed by atoms with Crippen LogP contribution in [0.1, 0.15) is 33.1 Å². The Hall–Kier alpha value is -2.51. The molecule has 1 N–H and O–H groups in total. The normalized spacial score (nSPS) is 10.6. The van der Waals surface area contributed by atoms with Crippen molar-refractivity contribution in [2.75, 3.05) is 11.9 Å². The van der Waals surface area contributed by atoms with Crippen molar-refractivity contribution in [1.82, 2.24) is 19.5 Å². The van der Waals surface area contributed by atoms with Gasteiger partial charge in [0.15, 0.2) is 17.0 Å². The highest BCUT2D eigenvalue weighted by molar-refractivity contribution is 5.95. The number of nitrogens with one attached hydrogen (secondary N) is 1. The molecule has 118 valence electrons. The highest BCUT2D eigenvalue weighted by Gasteiger charge is 2.12. The lowest BCUT2D eigenvalue weighted by atomic mass is 10.3. The van der Waals surface area contributed by atoms with Crippen molar-refractivity contribution in [2.45, 2.75) is 39.7 Å². The van der Waals surface area contributed by atoms with E-state index in [0.717, 1.165) is 12.8 Å². The van der Waals surface area contributed by atoms with Gasteiger partial charge in [0.1, 0.15) is 6.33 Å². The fourth-order valence-corrected chi connectivity index (χ4v) is 1.92. The second kappa shape index (κ2) is 7.48. The number of amides is 1. The number of fused-ring (bicyclic) bond motifs is 1. The molecule has 2 rings (SSSR count). The topological polar surface area (TPSA) is 99.0 Å². The van der Waals surface area contributed by atoms with Gasteiger partial charge in [-0.2, -0.15) is 0 Å². The van der Waals surface area contributed by atoms with Gasteiger partial charge in [-0.15, -0.1) is 0 Å². The van der Waals surface area contributed by atoms with E-state index in [1.54, 1.807) is 10.9 Å². The number of aryl methyl sites for hydroxylation is 1. The Labute approximate surface area is 127 Å². The minimum Gasteiger partial charge on any atom is -0.466 e. The van der Waals surface area contributed by atoms with Gasteiger partial charge in [0, 0.05) is 13.5 Å². The number of ether oxygens (including phenoxy) is 1. The van der Waals surface area contributed by atoms with Gasteiger partial charge in [0.2, 0.25) is 5.91 Å². The number of aromatic nitrogens is 4. The van der Waals surface area contributed by atoms with E-state index < -0.39 is 0 Å². The Balaban J connectivity index is 2.03. The van der Waals surface area contributed by atoms with E-state index in [4.69, 9.17) is 4.74 Å². The predicted octanol–water partition coefficient (Wildman–Crippen LogP) is 1.52. The van der Waals surface area contributed by atoms with E-state index in [2.05, 4.69) is 20.3 Å². The maximum absolute atomic E-state index is 11.6. The Kier molecular flexibility index (Phi) is 5.40. The average molecular weight is 305 g/mol. The van der Waals surface area contributed by atoms with Crippen molar-refractivity contribution in [1.29, 1.82) is 0 Å². The van der Waals surface area contributed by atoms with Crippen LogP contribution in [0.3, 0.4) is 0 Å². The molecule has 8 nitrogen and oxygen atoms in total. The van der Waals surface area contributed by atoms with Crippen LogP contribution in [-0.2, 0) is 20.9 Å². The molecule has 0 spiro atoms. The molecule has 0 saturated carbocycles. The number of nitrogens with zero attached hydrogens (tertiary/aromatic N) is 4. The third-order valence-corrected chi connectivity index (χ3v) is 3.01. The SMILES string of the molecule is CCCCOC(=O)CCn1cnc2c(NC(C)=O)ncnc21. The standard InChI is InChI=1S/C14H19N5O3/c1-3-4-7-22-11(21)5-6-19-9-17-12-13(18-10(2)20)15-8-16-14(12)19/h8-9H,3-7H2,1-2H3,(H,15,16,18,20). The first-order valence-electron chi connectivity index (χ1n) is 7.21. The van der Waals surface area contributed by atoms with Crippen molar-refractivity contribution in [3.63, 3.8) is 0 Å². The molecule has 8 heteroatoms. The Morgan fingerprint density at radius 2 is 2.14 bits per heavy atom. The van der Waals surface area contributed by atoms with Gasteiger partial charge in [-0.05, 0) is 6.42 Å². The van der Waals surface area contributed by atoms with Gasteiger partial charge in [0.05, 0.1) is 19.4 Å². The summed E-state index contributed by atoms with van der Waals surface area (Å²) in [6.07, 6.45) is 5.03. The van der Waals surface area contributed by atoms with Crippen LogP contribution in [0.15, 0.2) is 12.7 Å². The van der Waals surface area contributed by atoms with Crippen LogP contribution >= 0.6 is 0 Å². The molecule has 0 aliphatic rings. The number of rotatable bonds is 7. The van der Waals surface area contributed by atoms with Gasteiger partial charge < -0.3 is 14.6 Å². The first-order valence-corrected chi connectivity index (χ1v) is 7.21. The number of unbranched alkanes of at least 4 members (excludes halogenated alkanes) is 1. The molecule has 2 heterocycles. The molecule has 1 amide bonds. The first kappa shape index (κ1) is 15.9. The number of carbonyl (C=O) groups excluding carboxylic acids is 2. The summed E-state index contributed by atoms with van der Waals surface area (Å²) >= 11 is 0. The zero-order chi connectivity index (χ0) is 15.9. The lowest BCUT2D eigenvalue weighted by molar-refractivity contribution is -0.144. The smallest absolute Gasteiger partial charge is 0.307 e. The molecule has 0 saturated heterocycles. The molecule has 0 aliphatic carbocycles. The van der Waals surface area contributed by atoms with Gasteiger partial charge in [0.25, 0.3) is 0 Å². The van der Waals surface area contributed by atoms with Crippen molar-refractivity contribution in [2.24, 2.45) is 0 Å². The van der Waals surface area contributed by atoms with Crippen molar-refractivity contribution >= 4 is 28.9 Å². The summed E-state index contributed by atoms with van der Waals surface area (Å²) in [6.45, 7) is 4.31. The van der Waals surface area contributed by atoms with Gasteiger partial charge >= 0.3 is 5.97 Å². The number of imidazole rings is 1. The molecular weight excluding hydrogens is 286 g/mol. The number of esters is 1. The van der Waals surface area contributed by atoms with E-state index in [0.29, 0.717) is 30.1 Å². The average Bonchev–Trinajstić information content (AvgIpc) is 2.89. The third-order valence-electron chi connectivity index (χ3n) is 3.01. The molecule has 2 aromatic rings. The van der Waals surface area contributed by atoms with Gasteiger partial charge in [-0.3, -0.25) is 9.59 Å². The molecule has 2 aromatic heterocycles. The maximum atomic E-state index is 11.6. The van der Waals surface area contributed by atoms with Crippen LogP contribution in [0.5, 0.6) is 0 Å². The molecule has 0 unspecified atom stereocenters. The van der Waals surface area contributed by atoms with Gasteiger partial charge in [-0.25, -0.2) is 15.0 Å². The summed E-state index contributed by atoms with van der Waals surface area (Å²) in [6, 6.07) is 0. The largest absolute Gasteiger partial charge is 0.466 e. The van der Waals surface area contributed by atoms with Crippen LogP contribution in [0.2, 0.25) is 0 Å². The fourth-order valence-electron chi connectivity index (χ4n) is 1.92. The molecule has 22 heavy (non-hydrogen) atoms. The number of anilines is 1. The lowest BCUT2D eigenvalue weighted by Gasteiger charge is -2.05. The minimum absolute atomic E-state index is 0.228. The summed E-state index contributed by atoms with van der Waals surface area (Å²) < 4.78 is 6.85. The van der Waals surface area contributed by atoms with Crippen molar-refractivity contribution in [3.8, 4) is 0 Å².